The van der Waals surface area contributed by atoms with Crippen molar-refractivity contribution in [2.45, 2.75) is 27.2 Å². The molecule has 9 heteroatoms. The maximum atomic E-state index is 12.7. The second-order valence-electron chi connectivity index (χ2n) is 7.36. The van der Waals surface area contributed by atoms with Crippen molar-refractivity contribution in [1.82, 2.24) is 0 Å². The SMILES string of the molecule is CCS(=O)(=O)Nc1ccc(NC(=O)C2CC(=O)N(c3ccc(Br)c(C)c3)C2)cc1C. The molecule has 1 atom stereocenters. The molecule has 0 radical (unpaired) electrons. The number of aryl methyl sites for hydroxylation is 2. The van der Waals surface area contributed by atoms with E-state index in [1.54, 1.807) is 36.9 Å². The number of rotatable bonds is 6. The number of nitrogens with one attached hydrogen (secondary N) is 2. The van der Waals surface area contributed by atoms with E-state index in [0.717, 1.165) is 15.7 Å². The summed E-state index contributed by atoms with van der Waals surface area (Å²) in [7, 11) is -3.37. The van der Waals surface area contributed by atoms with E-state index in [-0.39, 0.29) is 24.0 Å². The molecule has 0 aliphatic carbocycles. The molecule has 1 unspecified atom stereocenters. The van der Waals surface area contributed by atoms with Crippen LogP contribution in [-0.2, 0) is 19.6 Å². The van der Waals surface area contributed by atoms with Gasteiger partial charge in [-0.2, -0.15) is 0 Å². The summed E-state index contributed by atoms with van der Waals surface area (Å²) in [5.74, 6) is -0.798. The van der Waals surface area contributed by atoms with Gasteiger partial charge in [-0.15, -0.1) is 0 Å². The van der Waals surface area contributed by atoms with E-state index >= 15 is 0 Å². The number of hydrogen-bond donors (Lipinski definition) is 2. The lowest BCUT2D eigenvalue weighted by Gasteiger charge is -2.18. The first-order valence-corrected chi connectivity index (χ1v) is 12.0. The van der Waals surface area contributed by atoms with Gasteiger partial charge in [-0.1, -0.05) is 15.9 Å². The van der Waals surface area contributed by atoms with Gasteiger partial charge in [0.1, 0.15) is 0 Å². The number of hydrogen-bond acceptors (Lipinski definition) is 4. The molecule has 0 spiro atoms. The second kappa shape index (κ2) is 8.77. The molecular formula is C21H24BrN3O4S. The maximum Gasteiger partial charge on any atom is 0.232 e. The molecule has 1 fully saturated rings. The summed E-state index contributed by atoms with van der Waals surface area (Å²) in [4.78, 5) is 26.8. The fraction of sp³-hybridized carbons (Fsp3) is 0.333. The lowest BCUT2D eigenvalue weighted by molar-refractivity contribution is -0.122. The van der Waals surface area contributed by atoms with Crippen LogP contribution in [-0.4, -0.2) is 32.5 Å². The molecule has 2 amide bonds. The molecule has 2 N–H and O–H groups in total. The first-order chi connectivity index (χ1) is 14.1. The first kappa shape index (κ1) is 22.3. The Morgan fingerprint density at radius 3 is 2.53 bits per heavy atom. The van der Waals surface area contributed by atoms with Crippen LogP contribution in [0.2, 0.25) is 0 Å². The zero-order chi connectivity index (χ0) is 22.1. The van der Waals surface area contributed by atoms with Gasteiger partial charge in [0.2, 0.25) is 21.8 Å². The number of nitrogens with zero attached hydrogens (tertiary/aromatic N) is 1. The van der Waals surface area contributed by atoms with Crippen molar-refractivity contribution in [1.29, 1.82) is 0 Å². The minimum atomic E-state index is -3.37. The lowest BCUT2D eigenvalue weighted by atomic mass is 10.1. The highest BCUT2D eigenvalue weighted by Gasteiger charge is 2.35. The number of carbonyl (C=O) groups excluding carboxylic acids is 2. The number of anilines is 3. The molecule has 1 heterocycles. The van der Waals surface area contributed by atoms with Gasteiger partial charge in [0.15, 0.2) is 0 Å². The van der Waals surface area contributed by atoms with E-state index in [9.17, 15) is 18.0 Å². The minimum absolute atomic E-state index is 0.0188. The van der Waals surface area contributed by atoms with Crippen molar-refractivity contribution in [2.24, 2.45) is 5.92 Å². The highest BCUT2D eigenvalue weighted by molar-refractivity contribution is 9.10. The molecule has 160 valence electrons. The second-order valence-corrected chi connectivity index (χ2v) is 10.2. The summed E-state index contributed by atoms with van der Waals surface area (Å²) >= 11 is 3.45. The largest absolute Gasteiger partial charge is 0.326 e. The topological polar surface area (TPSA) is 95.6 Å². The fourth-order valence-electron chi connectivity index (χ4n) is 3.27. The normalized spacial score (nSPS) is 16.6. The van der Waals surface area contributed by atoms with Crippen LogP contribution in [0.25, 0.3) is 0 Å². The van der Waals surface area contributed by atoms with E-state index in [1.807, 2.05) is 25.1 Å². The van der Waals surface area contributed by atoms with Crippen molar-refractivity contribution in [3.63, 3.8) is 0 Å². The minimum Gasteiger partial charge on any atom is -0.326 e. The van der Waals surface area contributed by atoms with E-state index in [4.69, 9.17) is 0 Å². The summed E-state index contributed by atoms with van der Waals surface area (Å²) < 4.78 is 27.0. The van der Waals surface area contributed by atoms with E-state index in [0.29, 0.717) is 23.5 Å². The van der Waals surface area contributed by atoms with Gasteiger partial charge in [-0.3, -0.25) is 14.3 Å². The molecule has 3 rings (SSSR count). The van der Waals surface area contributed by atoms with Gasteiger partial charge in [0, 0.05) is 28.8 Å². The molecular weight excluding hydrogens is 470 g/mol. The van der Waals surface area contributed by atoms with Crippen molar-refractivity contribution in [3.05, 3.63) is 52.0 Å². The zero-order valence-electron chi connectivity index (χ0n) is 17.0. The third kappa shape index (κ3) is 5.02. The molecule has 2 aromatic carbocycles. The molecule has 0 aromatic heterocycles. The van der Waals surface area contributed by atoms with Gasteiger partial charge in [-0.05, 0) is 68.3 Å². The molecule has 0 bridgehead atoms. The van der Waals surface area contributed by atoms with E-state index in [2.05, 4.69) is 26.0 Å². The summed E-state index contributed by atoms with van der Waals surface area (Å²) in [5, 5.41) is 2.84. The average molecular weight is 494 g/mol. The van der Waals surface area contributed by atoms with Gasteiger partial charge < -0.3 is 10.2 Å². The van der Waals surface area contributed by atoms with E-state index < -0.39 is 15.9 Å². The number of carbonyl (C=O) groups is 2. The number of amides is 2. The molecule has 0 saturated carbocycles. The van der Waals surface area contributed by atoms with Crippen LogP contribution in [0.4, 0.5) is 17.1 Å². The number of sulfonamides is 1. The average Bonchev–Trinajstić information content (AvgIpc) is 3.08. The standard InChI is InChI=1S/C21H24BrN3O4S/c1-4-30(28,29)24-19-8-5-16(9-14(19)3)23-21(27)15-11-20(26)25(12-15)17-6-7-18(22)13(2)10-17/h5-10,15,24H,4,11-12H2,1-3H3,(H,23,27). The smallest absolute Gasteiger partial charge is 0.232 e. The predicted molar refractivity (Wildman–Crippen MR) is 122 cm³/mol. The van der Waals surface area contributed by atoms with Crippen molar-refractivity contribution in [2.75, 3.05) is 27.2 Å². The molecule has 2 aromatic rings. The molecule has 30 heavy (non-hydrogen) atoms. The summed E-state index contributed by atoms with van der Waals surface area (Å²) in [5.41, 5.74) is 3.52. The third-order valence-electron chi connectivity index (χ3n) is 5.09. The van der Waals surface area contributed by atoms with Crippen LogP contribution in [0.15, 0.2) is 40.9 Å². The number of benzene rings is 2. The summed E-state index contributed by atoms with van der Waals surface area (Å²) in [6, 6.07) is 10.6. The Kier molecular flexibility index (Phi) is 6.52. The van der Waals surface area contributed by atoms with Crippen LogP contribution < -0.4 is 14.9 Å². The molecule has 1 aliphatic rings. The molecule has 7 nitrogen and oxygen atoms in total. The first-order valence-electron chi connectivity index (χ1n) is 9.58. The van der Waals surface area contributed by atoms with Crippen molar-refractivity contribution < 1.29 is 18.0 Å². The highest BCUT2D eigenvalue weighted by Crippen LogP contribution is 2.29. The van der Waals surface area contributed by atoms with Crippen molar-refractivity contribution in [3.8, 4) is 0 Å². The summed E-state index contributed by atoms with van der Waals surface area (Å²) in [6.07, 6.45) is 0.147. The Hall–Kier alpha value is -2.39. The van der Waals surface area contributed by atoms with Crippen LogP contribution in [0.5, 0.6) is 0 Å². The Labute approximate surface area is 185 Å². The molecule has 1 saturated heterocycles. The Bertz CT molecular complexity index is 1100. The van der Waals surface area contributed by atoms with Gasteiger partial charge in [0.25, 0.3) is 0 Å². The third-order valence-corrected chi connectivity index (χ3v) is 7.27. The van der Waals surface area contributed by atoms with Gasteiger partial charge >= 0.3 is 0 Å². The fourth-order valence-corrected chi connectivity index (χ4v) is 4.22. The van der Waals surface area contributed by atoms with Crippen LogP contribution >= 0.6 is 15.9 Å². The quantitative estimate of drug-likeness (QED) is 0.639. The van der Waals surface area contributed by atoms with Gasteiger partial charge in [0.05, 0.1) is 17.4 Å². The maximum absolute atomic E-state index is 12.7. The van der Waals surface area contributed by atoms with Crippen LogP contribution in [0, 0.1) is 19.8 Å². The van der Waals surface area contributed by atoms with Crippen molar-refractivity contribution >= 4 is 54.8 Å². The van der Waals surface area contributed by atoms with Gasteiger partial charge in [-0.25, -0.2) is 8.42 Å². The van der Waals surface area contributed by atoms with E-state index in [1.165, 1.54) is 0 Å². The Morgan fingerprint density at radius 1 is 1.17 bits per heavy atom. The Morgan fingerprint density at radius 2 is 1.90 bits per heavy atom. The number of halogens is 1. The summed E-state index contributed by atoms with van der Waals surface area (Å²) in [6.45, 7) is 5.60. The monoisotopic (exact) mass is 493 g/mol. The highest BCUT2D eigenvalue weighted by atomic mass is 79.9. The predicted octanol–water partition coefficient (Wildman–Crippen LogP) is 3.82. The lowest BCUT2D eigenvalue weighted by Crippen LogP contribution is -2.28. The zero-order valence-corrected chi connectivity index (χ0v) is 19.4. The Balaban J connectivity index is 1.68. The molecule has 1 aliphatic heterocycles. The van der Waals surface area contributed by atoms with Crippen LogP contribution in [0.1, 0.15) is 24.5 Å². The van der Waals surface area contributed by atoms with Crippen LogP contribution in [0.3, 0.4) is 0 Å².